The van der Waals surface area contributed by atoms with Gasteiger partial charge in [0.2, 0.25) is 0 Å². The molecule has 1 atom stereocenters. The average Bonchev–Trinajstić information content (AvgIpc) is 3.00. The Hall–Kier alpha value is -0.0800. The molecular weight excluding hydrogens is 196 g/mol. The Kier molecular flexibility index (Phi) is 2.97. The maximum Gasteiger partial charge on any atom is 0.0334 e. The van der Waals surface area contributed by atoms with E-state index < -0.39 is 0 Å². The van der Waals surface area contributed by atoms with Crippen LogP contribution >= 0.6 is 0 Å². The van der Waals surface area contributed by atoms with Gasteiger partial charge in [0.05, 0.1) is 0 Å². The van der Waals surface area contributed by atoms with Crippen molar-refractivity contribution in [2.24, 2.45) is 5.92 Å². The largest absolute Gasteiger partial charge is 0.311 e. The molecule has 1 saturated heterocycles. The van der Waals surface area contributed by atoms with Gasteiger partial charge in [-0.2, -0.15) is 0 Å². The minimum atomic E-state index is 0.564. The molecular formula is C14H26N2. The molecule has 2 saturated carbocycles. The third kappa shape index (κ3) is 2.02. The van der Waals surface area contributed by atoms with Crippen molar-refractivity contribution in [3.63, 3.8) is 0 Å². The molecule has 1 aliphatic heterocycles. The standard InChI is InChI=1S/C14H26N2/c1-2-13-10-16(9-12-5-6-12)14(11-15-13)7-3-4-8-14/h12-13,15H,2-11H2,1H3. The molecule has 0 aromatic carbocycles. The molecule has 0 radical (unpaired) electrons. The summed E-state index contributed by atoms with van der Waals surface area (Å²) in [5.41, 5.74) is 0.564. The van der Waals surface area contributed by atoms with Crippen molar-refractivity contribution in [1.82, 2.24) is 10.2 Å². The highest BCUT2D eigenvalue weighted by Gasteiger charge is 2.44. The van der Waals surface area contributed by atoms with Gasteiger partial charge in [0, 0.05) is 31.2 Å². The van der Waals surface area contributed by atoms with E-state index in [1.165, 1.54) is 64.6 Å². The summed E-state index contributed by atoms with van der Waals surface area (Å²) in [5, 5.41) is 3.78. The second-order valence-electron chi connectivity index (χ2n) is 6.27. The van der Waals surface area contributed by atoms with E-state index in [1.54, 1.807) is 0 Å². The Morgan fingerprint density at radius 1 is 1.25 bits per heavy atom. The Balaban J connectivity index is 1.69. The number of hydrogen-bond acceptors (Lipinski definition) is 2. The molecule has 16 heavy (non-hydrogen) atoms. The second kappa shape index (κ2) is 4.30. The van der Waals surface area contributed by atoms with Gasteiger partial charge < -0.3 is 5.32 Å². The zero-order valence-corrected chi connectivity index (χ0v) is 10.7. The summed E-state index contributed by atoms with van der Waals surface area (Å²) < 4.78 is 0. The Morgan fingerprint density at radius 2 is 2.00 bits per heavy atom. The molecule has 3 rings (SSSR count). The van der Waals surface area contributed by atoms with Crippen LogP contribution in [0.3, 0.4) is 0 Å². The lowest BCUT2D eigenvalue weighted by atomic mass is 9.90. The molecule has 0 amide bonds. The van der Waals surface area contributed by atoms with Crippen LogP contribution in [0.5, 0.6) is 0 Å². The Morgan fingerprint density at radius 3 is 2.62 bits per heavy atom. The monoisotopic (exact) mass is 222 g/mol. The highest BCUT2D eigenvalue weighted by molar-refractivity contribution is 5.02. The predicted octanol–water partition coefficient (Wildman–Crippen LogP) is 2.39. The van der Waals surface area contributed by atoms with E-state index in [9.17, 15) is 0 Å². The van der Waals surface area contributed by atoms with Gasteiger partial charge in [-0.25, -0.2) is 0 Å². The Bertz CT molecular complexity index is 241. The van der Waals surface area contributed by atoms with Crippen molar-refractivity contribution >= 4 is 0 Å². The smallest absolute Gasteiger partial charge is 0.0334 e. The summed E-state index contributed by atoms with van der Waals surface area (Å²) in [5.74, 6) is 1.05. The molecule has 2 nitrogen and oxygen atoms in total. The molecule has 0 aromatic heterocycles. The van der Waals surface area contributed by atoms with Crippen molar-refractivity contribution < 1.29 is 0 Å². The van der Waals surface area contributed by atoms with Crippen molar-refractivity contribution in [3.05, 3.63) is 0 Å². The van der Waals surface area contributed by atoms with Crippen LogP contribution in [0.25, 0.3) is 0 Å². The van der Waals surface area contributed by atoms with E-state index in [0.29, 0.717) is 5.54 Å². The van der Waals surface area contributed by atoms with Crippen LogP contribution in [0.4, 0.5) is 0 Å². The van der Waals surface area contributed by atoms with Crippen LogP contribution in [-0.2, 0) is 0 Å². The fraction of sp³-hybridized carbons (Fsp3) is 1.00. The number of nitrogens with zero attached hydrogens (tertiary/aromatic N) is 1. The SMILES string of the molecule is CCC1CN(CC2CC2)C2(CCCC2)CN1. The molecule has 1 unspecified atom stereocenters. The first-order valence-corrected chi connectivity index (χ1v) is 7.31. The summed E-state index contributed by atoms with van der Waals surface area (Å²) in [6.07, 6.45) is 10.1. The van der Waals surface area contributed by atoms with Crippen LogP contribution < -0.4 is 5.32 Å². The minimum Gasteiger partial charge on any atom is -0.311 e. The maximum atomic E-state index is 3.78. The number of piperazine rings is 1. The van der Waals surface area contributed by atoms with Crippen LogP contribution in [0.2, 0.25) is 0 Å². The van der Waals surface area contributed by atoms with Gasteiger partial charge in [0.1, 0.15) is 0 Å². The lowest BCUT2D eigenvalue weighted by Gasteiger charge is -2.48. The zero-order chi connectivity index (χ0) is 11.0. The van der Waals surface area contributed by atoms with Gasteiger partial charge in [-0.15, -0.1) is 0 Å². The maximum absolute atomic E-state index is 3.78. The third-order valence-electron chi connectivity index (χ3n) is 5.03. The molecule has 3 fully saturated rings. The summed E-state index contributed by atoms with van der Waals surface area (Å²) in [7, 11) is 0. The van der Waals surface area contributed by atoms with Gasteiger partial charge >= 0.3 is 0 Å². The lowest BCUT2D eigenvalue weighted by molar-refractivity contribution is 0.0381. The van der Waals surface area contributed by atoms with Crippen molar-refractivity contribution in [1.29, 1.82) is 0 Å². The van der Waals surface area contributed by atoms with Gasteiger partial charge in [0.15, 0.2) is 0 Å². The molecule has 92 valence electrons. The highest BCUT2D eigenvalue weighted by atomic mass is 15.3. The van der Waals surface area contributed by atoms with Gasteiger partial charge in [-0.1, -0.05) is 19.8 Å². The van der Waals surface area contributed by atoms with Crippen LogP contribution in [0.15, 0.2) is 0 Å². The molecule has 2 heteroatoms. The van der Waals surface area contributed by atoms with Gasteiger partial charge in [-0.05, 0) is 38.0 Å². The first-order chi connectivity index (χ1) is 7.82. The molecule has 0 bridgehead atoms. The molecule has 1 N–H and O–H groups in total. The van der Waals surface area contributed by atoms with Gasteiger partial charge in [-0.3, -0.25) is 4.90 Å². The summed E-state index contributed by atoms with van der Waals surface area (Å²) in [4.78, 5) is 2.88. The van der Waals surface area contributed by atoms with E-state index in [2.05, 4.69) is 17.1 Å². The van der Waals surface area contributed by atoms with Crippen molar-refractivity contribution in [3.8, 4) is 0 Å². The van der Waals surface area contributed by atoms with E-state index >= 15 is 0 Å². The molecule has 2 aliphatic carbocycles. The van der Waals surface area contributed by atoms with E-state index in [1.807, 2.05) is 0 Å². The van der Waals surface area contributed by atoms with Crippen molar-refractivity contribution in [2.75, 3.05) is 19.6 Å². The quantitative estimate of drug-likeness (QED) is 0.789. The zero-order valence-electron chi connectivity index (χ0n) is 10.7. The first kappa shape index (κ1) is 11.0. The summed E-state index contributed by atoms with van der Waals surface area (Å²) in [6.45, 7) is 6.29. The number of rotatable bonds is 3. The Labute approximate surface area is 99.8 Å². The second-order valence-corrected chi connectivity index (χ2v) is 6.27. The summed E-state index contributed by atoms with van der Waals surface area (Å²) >= 11 is 0. The van der Waals surface area contributed by atoms with Crippen LogP contribution in [0.1, 0.15) is 51.9 Å². The van der Waals surface area contributed by atoms with E-state index in [-0.39, 0.29) is 0 Å². The average molecular weight is 222 g/mol. The van der Waals surface area contributed by atoms with E-state index in [4.69, 9.17) is 0 Å². The predicted molar refractivity (Wildman–Crippen MR) is 67.6 cm³/mol. The summed E-state index contributed by atoms with van der Waals surface area (Å²) in [6, 6.07) is 0.755. The first-order valence-electron chi connectivity index (χ1n) is 7.31. The third-order valence-corrected chi connectivity index (χ3v) is 5.03. The fourth-order valence-electron chi connectivity index (χ4n) is 3.65. The normalized spacial score (nSPS) is 34.7. The fourth-order valence-corrected chi connectivity index (χ4v) is 3.65. The van der Waals surface area contributed by atoms with Gasteiger partial charge in [0.25, 0.3) is 0 Å². The van der Waals surface area contributed by atoms with Crippen LogP contribution in [0, 0.1) is 5.92 Å². The molecule has 1 spiro atoms. The van der Waals surface area contributed by atoms with Crippen molar-refractivity contribution in [2.45, 2.75) is 63.5 Å². The number of nitrogens with one attached hydrogen (secondary N) is 1. The minimum absolute atomic E-state index is 0.564. The lowest BCUT2D eigenvalue weighted by Crippen LogP contribution is -2.63. The van der Waals surface area contributed by atoms with E-state index in [0.717, 1.165) is 12.0 Å². The molecule has 1 heterocycles. The number of hydrogen-bond donors (Lipinski definition) is 1. The topological polar surface area (TPSA) is 15.3 Å². The van der Waals surface area contributed by atoms with Crippen LogP contribution in [-0.4, -0.2) is 36.1 Å². The molecule has 0 aromatic rings. The molecule has 3 aliphatic rings. The highest BCUT2D eigenvalue weighted by Crippen LogP contribution is 2.40.